The van der Waals surface area contributed by atoms with Gasteiger partial charge in [0, 0.05) is 25.7 Å². The first-order valence-corrected chi connectivity index (χ1v) is 14.2. The maximum Gasteiger partial charge on any atom is 0.243 e. The Morgan fingerprint density at radius 1 is 0.975 bits per heavy atom. The lowest BCUT2D eigenvalue weighted by Crippen LogP contribution is -2.53. The van der Waals surface area contributed by atoms with Crippen molar-refractivity contribution in [3.05, 3.63) is 64.7 Å². The summed E-state index contributed by atoms with van der Waals surface area (Å²) in [4.78, 5) is 50.8. The average Bonchev–Trinajstić information content (AvgIpc) is 3.24. The van der Waals surface area contributed by atoms with E-state index < -0.39 is 24.1 Å². The largest absolute Gasteiger partial charge is 0.372 e. The second-order valence-electron chi connectivity index (χ2n) is 10.9. The highest BCUT2D eigenvalue weighted by molar-refractivity contribution is 6.04. The van der Waals surface area contributed by atoms with Crippen LogP contribution >= 0.6 is 0 Å². The maximum absolute atomic E-state index is 13.6. The molecule has 4 amide bonds. The molecule has 4 rings (SSSR count). The Labute approximate surface area is 235 Å². The Bertz CT molecular complexity index is 1230. The summed E-state index contributed by atoms with van der Waals surface area (Å²) in [6.45, 7) is 2.21. The van der Waals surface area contributed by atoms with Crippen LogP contribution in [0.3, 0.4) is 0 Å². The Morgan fingerprint density at radius 2 is 1.68 bits per heavy atom. The molecule has 0 unspecified atom stereocenters. The summed E-state index contributed by atoms with van der Waals surface area (Å²) >= 11 is 0. The van der Waals surface area contributed by atoms with Gasteiger partial charge in [-0.1, -0.05) is 42.5 Å². The Hall–Kier alpha value is -3.72. The highest BCUT2D eigenvalue weighted by atomic mass is 16.5. The minimum atomic E-state index is -0.624. The number of primary amides is 2. The number of carbonyl (C=O) groups excluding carboxylic acids is 4. The van der Waals surface area contributed by atoms with Crippen molar-refractivity contribution in [1.29, 1.82) is 0 Å². The maximum atomic E-state index is 13.6. The summed E-state index contributed by atoms with van der Waals surface area (Å²) in [6, 6.07) is 13.0. The normalized spacial score (nSPS) is 17.6. The summed E-state index contributed by atoms with van der Waals surface area (Å²) in [6.07, 6.45) is 5.47. The van der Waals surface area contributed by atoms with E-state index in [2.05, 4.69) is 5.32 Å². The van der Waals surface area contributed by atoms with Gasteiger partial charge in [0.1, 0.15) is 6.04 Å². The summed E-state index contributed by atoms with van der Waals surface area (Å²) < 4.78 is 6.14. The lowest BCUT2D eigenvalue weighted by atomic mass is 10.0. The molecule has 0 radical (unpaired) electrons. The molecule has 40 heavy (non-hydrogen) atoms. The number of ether oxygens (including phenoxy) is 1. The van der Waals surface area contributed by atoms with Gasteiger partial charge in [-0.05, 0) is 67.7 Å². The van der Waals surface area contributed by atoms with Gasteiger partial charge in [-0.3, -0.25) is 24.1 Å². The standard InChI is InChI=1S/C31H40N4O5/c1-20(40-19-22-14-12-21(13-15-22)6-2-3-10-27(32)36)25(16-17-28(33)37)34-31(39)26-18-24-9-4-7-23-8-5-11-29(38)35(26)30(23)24/h4,7,9,12-15,20,25-26H,2-3,5-6,8,10-11,16-19H2,1H3,(H2,32,36)(H2,33,37)(H,34,39)/t20-,25+,26+/m1/s1. The lowest BCUT2D eigenvalue weighted by Gasteiger charge is -2.29. The molecule has 2 aliphatic rings. The third kappa shape index (κ3) is 7.47. The first-order chi connectivity index (χ1) is 19.2. The molecule has 0 aliphatic carbocycles. The Kier molecular flexibility index (Phi) is 9.93. The summed E-state index contributed by atoms with van der Waals surface area (Å²) in [7, 11) is 0. The van der Waals surface area contributed by atoms with Gasteiger partial charge >= 0.3 is 0 Å². The van der Waals surface area contributed by atoms with Crippen LogP contribution in [0.25, 0.3) is 0 Å². The molecule has 2 heterocycles. The van der Waals surface area contributed by atoms with Crippen LogP contribution in [0.15, 0.2) is 42.5 Å². The molecule has 3 atom stereocenters. The van der Waals surface area contributed by atoms with Crippen molar-refractivity contribution in [1.82, 2.24) is 5.32 Å². The van der Waals surface area contributed by atoms with E-state index in [1.165, 1.54) is 5.56 Å². The molecule has 0 spiro atoms. The smallest absolute Gasteiger partial charge is 0.243 e. The van der Waals surface area contributed by atoms with Crippen LogP contribution < -0.4 is 21.7 Å². The zero-order chi connectivity index (χ0) is 28.6. The summed E-state index contributed by atoms with van der Waals surface area (Å²) in [5.74, 6) is -0.996. The SMILES string of the molecule is C[C@@H](OCc1ccc(CCCCC(N)=O)cc1)[C@H](CCC(N)=O)NC(=O)[C@@H]1Cc2cccc3c2N1C(=O)CCC3. The van der Waals surface area contributed by atoms with Gasteiger partial charge in [0.15, 0.2) is 0 Å². The fourth-order valence-corrected chi connectivity index (χ4v) is 5.61. The molecule has 2 aliphatic heterocycles. The van der Waals surface area contributed by atoms with E-state index in [4.69, 9.17) is 16.2 Å². The molecule has 2 aromatic carbocycles. The lowest BCUT2D eigenvalue weighted by molar-refractivity contribution is -0.128. The number of nitrogens with zero attached hydrogens (tertiary/aromatic N) is 1. The third-order valence-electron chi connectivity index (χ3n) is 7.85. The number of nitrogens with one attached hydrogen (secondary N) is 1. The van der Waals surface area contributed by atoms with Gasteiger partial charge in [-0.2, -0.15) is 0 Å². The van der Waals surface area contributed by atoms with Gasteiger partial charge in [0.05, 0.1) is 24.4 Å². The van der Waals surface area contributed by atoms with Crippen LogP contribution in [0, 0.1) is 0 Å². The highest BCUT2D eigenvalue weighted by Crippen LogP contribution is 2.39. The number of unbranched alkanes of at least 4 members (excludes halogenated alkanes) is 1. The quantitative estimate of drug-likeness (QED) is 0.311. The predicted octanol–water partition coefficient (Wildman–Crippen LogP) is 2.83. The van der Waals surface area contributed by atoms with Crippen LogP contribution in [-0.4, -0.2) is 41.8 Å². The number of carbonyl (C=O) groups is 4. The number of benzene rings is 2. The molecule has 9 nitrogen and oxygen atoms in total. The van der Waals surface area contributed by atoms with E-state index in [0.717, 1.165) is 54.5 Å². The molecule has 2 aromatic rings. The first kappa shape index (κ1) is 29.3. The van der Waals surface area contributed by atoms with Crippen LogP contribution in [0.4, 0.5) is 5.69 Å². The molecule has 0 bridgehead atoms. The van der Waals surface area contributed by atoms with Crippen LogP contribution in [0.5, 0.6) is 0 Å². The zero-order valence-corrected chi connectivity index (χ0v) is 23.2. The molecular weight excluding hydrogens is 508 g/mol. The van der Waals surface area contributed by atoms with Gasteiger partial charge in [0.2, 0.25) is 23.6 Å². The number of nitrogens with two attached hydrogens (primary N) is 2. The number of rotatable bonds is 14. The van der Waals surface area contributed by atoms with E-state index in [-0.39, 0.29) is 24.1 Å². The first-order valence-electron chi connectivity index (χ1n) is 14.2. The fourth-order valence-electron chi connectivity index (χ4n) is 5.61. The molecule has 0 aromatic heterocycles. The summed E-state index contributed by atoms with van der Waals surface area (Å²) in [5, 5.41) is 3.08. The molecule has 0 saturated carbocycles. The molecule has 214 valence electrons. The topological polar surface area (TPSA) is 145 Å². The molecular formula is C31H40N4O5. The summed E-state index contributed by atoms with van der Waals surface area (Å²) in [5.41, 5.74) is 15.8. The molecule has 5 N–H and O–H groups in total. The fraction of sp³-hybridized carbons (Fsp3) is 0.484. The molecule has 0 saturated heterocycles. The van der Waals surface area contributed by atoms with Crippen molar-refractivity contribution in [2.75, 3.05) is 4.90 Å². The van der Waals surface area contributed by atoms with Gasteiger partial charge in [-0.15, -0.1) is 0 Å². The van der Waals surface area contributed by atoms with Crippen LogP contribution in [-0.2, 0) is 49.8 Å². The molecule has 9 heteroatoms. The van der Waals surface area contributed by atoms with E-state index in [1.54, 1.807) is 4.90 Å². The van der Waals surface area contributed by atoms with Crippen molar-refractivity contribution in [2.45, 2.75) is 95.9 Å². The molecule has 0 fully saturated rings. The van der Waals surface area contributed by atoms with Crippen molar-refractivity contribution in [2.24, 2.45) is 11.5 Å². The van der Waals surface area contributed by atoms with Gasteiger partial charge in [-0.25, -0.2) is 0 Å². The number of para-hydroxylation sites is 1. The van der Waals surface area contributed by atoms with E-state index in [0.29, 0.717) is 32.3 Å². The van der Waals surface area contributed by atoms with Crippen molar-refractivity contribution in [3.63, 3.8) is 0 Å². The van der Waals surface area contributed by atoms with E-state index >= 15 is 0 Å². The van der Waals surface area contributed by atoms with Crippen molar-refractivity contribution in [3.8, 4) is 0 Å². The predicted molar refractivity (Wildman–Crippen MR) is 152 cm³/mol. The Morgan fingerprint density at radius 3 is 2.40 bits per heavy atom. The van der Waals surface area contributed by atoms with Crippen molar-refractivity contribution < 1.29 is 23.9 Å². The zero-order valence-electron chi connectivity index (χ0n) is 23.2. The van der Waals surface area contributed by atoms with Crippen LogP contribution in [0.2, 0.25) is 0 Å². The average molecular weight is 549 g/mol. The minimum absolute atomic E-state index is 0.0295. The highest BCUT2D eigenvalue weighted by Gasteiger charge is 2.41. The van der Waals surface area contributed by atoms with E-state index in [9.17, 15) is 19.2 Å². The minimum Gasteiger partial charge on any atom is -0.372 e. The van der Waals surface area contributed by atoms with Crippen molar-refractivity contribution >= 4 is 29.3 Å². The van der Waals surface area contributed by atoms with Crippen LogP contribution in [0.1, 0.15) is 74.1 Å². The second-order valence-corrected chi connectivity index (χ2v) is 10.9. The van der Waals surface area contributed by atoms with Gasteiger partial charge < -0.3 is 21.5 Å². The number of hydrogen-bond acceptors (Lipinski definition) is 5. The monoisotopic (exact) mass is 548 g/mol. The second kappa shape index (κ2) is 13.6. The number of amides is 4. The number of anilines is 1. The van der Waals surface area contributed by atoms with Gasteiger partial charge in [0.25, 0.3) is 0 Å². The number of aryl methyl sites for hydroxylation is 2. The Balaban J connectivity index is 1.37. The third-order valence-corrected chi connectivity index (χ3v) is 7.85. The van der Waals surface area contributed by atoms with E-state index in [1.807, 2.05) is 49.4 Å². The number of hydrogen-bond donors (Lipinski definition) is 3.